The number of alkyl halides is 2. The van der Waals surface area contributed by atoms with Gasteiger partial charge in [-0.05, 0) is 25.1 Å². The van der Waals surface area contributed by atoms with E-state index in [1.807, 2.05) is 6.92 Å². The summed E-state index contributed by atoms with van der Waals surface area (Å²) in [7, 11) is 0. The van der Waals surface area contributed by atoms with Gasteiger partial charge in [-0.2, -0.15) is 0 Å². The third-order valence-electron chi connectivity index (χ3n) is 2.10. The highest BCUT2D eigenvalue weighted by molar-refractivity contribution is 9.10. The molecule has 0 saturated carbocycles. The lowest BCUT2D eigenvalue weighted by molar-refractivity contribution is 0.128. The summed E-state index contributed by atoms with van der Waals surface area (Å²) in [5.41, 5.74) is 6.32. The molecule has 0 heterocycles. The molecular weight excluding hydrogens is 280 g/mol. The lowest BCUT2D eigenvalue weighted by atomic mass is 10.0. The van der Waals surface area contributed by atoms with Crippen molar-refractivity contribution in [1.82, 2.24) is 0 Å². The van der Waals surface area contributed by atoms with Crippen molar-refractivity contribution in [2.24, 2.45) is 5.73 Å². The fourth-order valence-corrected chi connectivity index (χ4v) is 1.79. The average Bonchev–Trinajstić information content (AvgIpc) is 2.20. The van der Waals surface area contributed by atoms with Crippen molar-refractivity contribution in [3.05, 3.63) is 28.2 Å². The van der Waals surface area contributed by atoms with Crippen LogP contribution in [0.1, 0.15) is 24.9 Å². The number of halogens is 3. The molecule has 5 heteroatoms. The van der Waals surface area contributed by atoms with Crippen LogP contribution in [0.3, 0.4) is 0 Å². The summed E-state index contributed by atoms with van der Waals surface area (Å²) in [4.78, 5) is 0. The number of hydrogen-bond donors (Lipinski definition) is 1. The number of benzene rings is 1. The van der Waals surface area contributed by atoms with Crippen molar-refractivity contribution in [3.63, 3.8) is 0 Å². The maximum Gasteiger partial charge on any atom is 0.240 e. The van der Waals surface area contributed by atoms with Gasteiger partial charge in [0.1, 0.15) is 5.75 Å². The second kappa shape index (κ2) is 6.15. The molecule has 1 aromatic carbocycles. The molecule has 2 nitrogen and oxygen atoms in total. The van der Waals surface area contributed by atoms with E-state index >= 15 is 0 Å². The van der Waals surface area contributed by atoms with Crippen molar-refractivity contribution in [1.29, 1.82) is 0 Å². The Bertz CT molecular complexity index is 347. The standard InChI is InChI=1S/C11H14BrF2NO/c1-2-16-10-4-3-7(12)5-8(10)9(15)6-11(13)14/h3-5,9,11H,2,6,15H2,1H3/t9-/m0/s1. The molecular formula is C11H14BrF2NO. The van der Waals surface area contributed by atoms with Gasteiger partial charge in [-0.15, -0.1) is 0 Å². The van der Waals surface area contributed by atoms with E-state index in [-0.39, 0.29) is 6.42 Å². The van der Waals surface area contributed by atoms with Crippen LogP contribution in [0.2, 0.25) is 0 Å². The Morgan fingerprint density at radius 2 is 2.12 bits per heavy atom. The minimum absolute atomic E-state index is 0.365. The molecule has 0 aliphatic rings. The highest BCUT2D eigenvalue weighted by Crippen LogP contribution is 2.30. The fraction of sp³-hybridized carbons (Fsp3) is 0.455. The second-order valence-electron chi connectivity index (χ2n) is 3.35. The predicted molar refractivity (Wildman–Crippen MR) is 62.9 cm³/mol. The van der Waals surface area contributed by atoms with Gasteiger partial charge in [0, 0.05) is 22.5 Å². The Hall–Kier alpha value is -0.680. The monoisotopic (exact) mass is 293 g/mol. The number of ether oxygens (including phenoxy) is 1. The van der Waals surface area contributed by atoms with Gasteiger partial charge < -0.3 is 10.5 Å². The second-order valence-corrected chi connectivity index (χ2v) is 4.26. The van der Waals surface area contributed by atoms with Gasteiger partial charge in [0.05, 0.1) is 6.61 Å². The van der Waals surface area contributed by atoms with Crippen LogP contribution in [0.4, 0.5) is 8.78 Å². The third-order valence-corrected chi connectivity index (χ3v) is 2.60. The Morgan fingerprint density at radius 1 is 1.44 bits per heavy atom. The molecule has 1 rings (SSSR count). The molecule has 1 aromatic rings. The van der Waals surface area contributed by atoms with Gasteiger partial charge in [-0.3, -0.25) is 0 Å². The van der Waals surface area contributed by atoms with Crippen LogP contribution in [0.25, 0.3) is 0 Å². The largest absolute Gasteiger partial charge is 0.494 e. The summed E-state index contributed by atoms with van der Waals surface area (Å²) in [6.07, 6.45) is -2.78. The summed E-state index contributed by atoms with van der Waals surface area (Å²) in [6.45, 7) is 2.32. The average molecular weight is 294 g/mol. The van der Waals surface area contributed by atoms with E-state index in [9.17, 15) is 8.78 Å². The van der Waals surface area contributed by atoms with Gasteiger partial charge >= 0.3 is 0 Å². The van der Waals surface area contributed by atoms with Gasteiger partial charge in [-0.1, -0.05) is 15.9 Å². The van der Waals surface area contributed by atoms with Gasteiger partial charge in [-0.25, -0.2) is 8.78 Å². The van der Waals surface area contributed by atoms with Crippen molar-refractivity contribution in [3.8, 4) is 5.75 Å². The zero-order valence-corrected chi connectivity index (χ0v) is 10.5. The Morgan fingerprint density at radius 3 is 2.69 bits per heavy atom. The molecule has 0 spiro atoms. The van der Waals surface area contributed by atoms with E-state index in [1.54, 1.807) is 18.2 Å². The number of rotatable bonds is 5. The smallest absolute Gasteiger partial charge is 0.240 e. The summed E-state index contributed by atoms with van der Waals surface area (Å²) in [5.74, 6) is 0.568. The fourth-order valence-electron chi connectivity index (χ4n) is 1.41. The van der Waals surface area contributed by atoms with Crippen LogP contribution in [0.15, 0.2) is 22.7 Å². The van der Waals surface area contributed by atoms with Gasteiger partial charge in [0.25, 0.3) is 0 Å². The highest BCUT2D eigenvalue weighted by Gasteiger charge is 2.17. The summed E-state index contributed by atoms with van der Waals surface area (Å²) in [6, 6.07) is 4.54. The van der Waals surface area contributed by atoms with Crippen LogP contribution in [0, 0.1) is 0 Å². The lowest BCUT2D eigenvalue weighted by Crippen LogP contribution is -2.15. The quantitative estimate of drug-likeness (QED) is 0.902. The normalized spacial score (nSPS) is 12.9. The van der Waals surface area contributed by atoms with E-state index in [2.05, 4.69) is 15.9 Å². The molecule has 0 aliphatic heterocycles. The molecule has 0 aliphatic carbocycles. The maximum atomic E-state index is 12.3. The van der Waals surface area contributed by atoms with E-state index in [4.69, 9.17) is 10.5 Å². The Balaban J connectivity index is 2.94. The molecule has 16 heavy (non-hydrogen) atoms. The first kappa shape index (κ1) is 13.4. The van der Waals surface area contributed by atoms with E-state index in [0.29, 0.717) is 17.9 Å². The molecule has 90 valence electrons. The third kappa shape index (κ3) is 3.72. The maximum absolute atomic E-state index is 12.3. The van der Waals surface area contributed by atoms with E-state index in [1.165, 1.54) is 0 Å². The highest BCUT2D eigenvalue weighted by atomic mass is 79.9. The predicted octanol–water partition coefficient (Wildman–Crippen LogP) is 3.50. The minimum Gasteiger partial charge on any atom is -0.494 e. The zero-order chi connectivity index (χ0) is 12.1. The van der Waals surface area contributed by atoms with Gasteiger partial charge in [0.2, 0.25) is 6.43 Å². The Kier molecular flexibility index (Phi) is 5.15. The first-order chi connectivity index (χ1) is 7.54. The molecule has 0 saturated heterocycles. The molecule has 0 unspecified atom stereocenters. The van der Waals surface area contributed by atoms with Crippen molar-refractivity contribution in [2.75, 3.05) is 6.61 Å². The topological polar surface area (TPSA) is 35.2 Å². The van der Waals surface area contributed by atoms with Crippen LogP contribution in [-0.2, 0) is 0 Å². The summed E-state index contributed by atoms with van der Waals surface area (Å²) >= 11 is 3.28. The summed E-state index contributed by atoms with van der Waals surface area (Å²) < 4.78 is 30.7. The minimum atomic E-state index is -2.41. The van der Waals surface area contributed by atoms with Gasteiger partial charge in [0.15, 0.2) is 0 Å². The first-order valence-corrected chi connectivity index (χ1v) is 5.79. The molecule has 0 bridgehead atoms. The molecule has 0 amide bonds. The van der Waals surface area contributed by atoms with Crippen LogP contribution >= 0.6 is 15.9 Å². The van der Waals surface area contributed by atoms with Crippen molar-refractivity contribution < 1.29 is 13.5 Å². The molecule has 0 radical (unpaired) electrons. The number of nitrogens with two attached hydrogens (primary N) is 1. The van der Waals surface area contributed by atoms with E-state index in [0.717, 1.165) is 4.47 Å². The van der Waals surface area contributed by atoms with Crippen LogP contribution < -0.4 is 10.5 Å². The van der Waals surface area contributed by atoms with Crippen molar-refractivity contribution in [2.45, 2.75) is 25.8 Å². The molecule has 0 aromatic heterocycles. The van der Waals surface area contributed by atoms with Crippen LogP contribution in [0.5, 0.6) is 5.75 Å². The molecule has 0 fully saturated rings. The van der Waals surface area contributed by atoms with Crippen LogP contribution in [-0.4, -0.2) is 13.0 Å². The zero-order valence-electron chi connectivity index (χ0n) is 8.92. The number of hydrogen-bond acceptors (Lipinski definition) is 2. The van der Waals surface area contributed by atoms with E-state index < -0.39 is 12.5 Å². The first-order valence-electron chi connectivity index (χ1n) is 5.00. The Labute approximate surface area is 102 Å². The lowest BCUT2D eigenvalue weighted by Gasteiger charge is -2.16. The van der Waals surface area contributed by atoms with Crippen molar-refractivity contribution >= 4 is 15.9 Å². The molecule has 1 atom stereocenters. The SMILES string of the molecule is CCOc1ccc(Br)cc1[C@@H](N)CC(F)F. The molecule has 2 N–H and O–H groups in total. The summed E-state index contributed by atoms with van der Waals surface area (Å²) in [5, 5.41) is 0.